The number of aliphatic carboxylic acids is 1. The van der Waals surface area contributed by atoms with Crippen molar-refractivity contribution in [2.75, 3.05) is 0 Å². The Morgan fingerprint density at radius 2 is 1.69 bits per heavy atom. The number of rotatable bonds is 5. The molecule has 0 rings (SSSR count). The van der Waals surface area contributed by atoms with Crippen LogP contribution in [0, 0.1) is 12.3 Å². The number of carboxylic acids is 1. The minimum Gasteiger partial charge on any atom is -0.481 e. The van der Waals surface area contributed by atoms with E-state index in [9.17, 15) is 4.79 Å². The molecular weight excluding hydrogens is 164 g/mol. The Morgan fingerprint density at radius 3 is 1.85 bits per heavy atom. The van der Waals surface area contributed by atoms with Gasteiger partial charge in [0.1, 0.15) is 6.42 Å². The third-order valence-corrected chi connectivity index (χ3v) is 1.46. The lowest BCUT2D eigenvalue weighted by Crippen LogP contribution is -1.88. The van der Waals surface area contributed by atoms with Crippen molar-refractivity contribution in [2.45, 2.75) is 52.4 Å². The molecule has 0 saturated heterocycles. The second-order valence-corrected chi connectivity index (χ2v) is 2.84. The first-order chi connectivity index (χ1) is 6.18. The van der Waals surface area contributed by atoms with Crippen LogP contribution in [-0.2, 0) is 4.79 Å². The van der Waals surface area contributed by atoms with Gasteiger partial charge in [0.2, 0.25) is 0 Å². The zero-order valence-corrected chi connectivity index (χ0v) is 8.68. The number of terminal acetylenes is 1. The number of hydrogen-bond donors (Lipinski definition) is 1. The molecule has 1 N–H and O–H groups in total. The summed E-state index contributed by atoms with van der Waals surface area (Å²) in [6.45, 7) is 4.49. The monoisotopic (exact) mass is 184 g/mol. The third-order valence-electron chi connectivity index (χ3n) is 1.46. The second kappa shape index (κ2) is 13.6. The summed E-state index contributed by atoms with van der Waals surface area (Å²) in [7, 11) is 0. The maximum absolute atomic E-state index is 9.46. The highest BCUT2D eigenvalue weighted by molar-refractivity contribution is 5.69. The van der Waals surface area contributed by atoms with Gasteiger partial charge in [0.05, 0.1) is 0 Å². The van der Waals surface area contributed by atoms with Gasteiger partial charge in [0.25, 0.3) is 0 Å². The van der Waals surface area contributed by atoms with Gasteiger partial charge in [0, 0.05) is 0 Å². The van der Waals surface area contributed by atoms with Gasteiger partial charge >= 0.3 is 5.97 Å². The summed E-state index contributed by atoms with van der Waals surface area (Å²) in [6, 6.07) is 0. The van der Waals surface area contributed by atoms with Crippen LogP contribution >= 0.6 is 0 Å². The van der Waals surface area contributed by atoms with Crippen molar-refractivity contribution in [1.82, 2.24) is 0 Å². The van der Waals surface area contributed by atoms with E-state index in [0.29, 0.717) is 0 Å². The van der Waals surface area contributed by atoms with E-state index < -0.39 is 5.97 Å². The Bertz CT molecular complexity index is 141. The summed E-state index contributed by atoms with van der Waals surface area (Å²) >= 11 is 0. The van der Waals surface area contributed by atoms with E-state index in [4.69, 9.17) is 5.11 Å². The highest BCUT2D eigenvalue weighted by Crippen LogP contribution is 2.00. The molecule has 0 aromatic rings. The highest BCUT2D eigenvalue weighted by Gasteiger charge is 1.84. The molecule has 2 heteroatoms. The average Bonchev–Trinajstić information content (AvgIpc) is 2.06. The lowest BCUT2D eigenvalue weighted by Gasteiger charge is -1.90. The maximum atomic E-state index is 9.46. The van der Waals surface area contributed by atoms with Gasteiger partial charge in [-0.05, 0) is 0 Å². The molecule has 0 bridgehead atoms. The fraction of sp³-hybridized carbons (Fsp3) is 0.727. The van der Waals surface area contributed by atoms with Crippen molar-refractivity contribution in [3.05, 3.63) is 0 Å². The van der Waals surface area contributed by atoms with Crippen molar-refractivity contribution < 1.29 is 9.90 Å². The maximum Gasteiger partial charge on any atom is 0.315 e. The van der Waals surface area contributed by atoms with Crippen LogP contribution in [0.15, 0.2) is 0 Å². The molecule has 0 aliphatic carbocycles. The van der Waals surface area contributed by atoms with E-state index in [-0.39, 0.29) is 6.42 Å². The van der Waals surface area contributed by atoms with Crippen molar-refractivity contribution >= 4 is 5.97 Å². The molecule has 0 radical (unpaired) electrons. The van der Waals surface area contributed by atoms with E-state index in [1.54, 1.807) is 0 Å². The van der Waals surface area contributed by atoms with Crippen molar-refractivity contribution in [3.8, 4) is 12.3 Å². The summed E-state index contributed by atoms with van der Waals surface area (Å²) in [5, 5.41) is 7.77. The molecular formula is C11H20O2. The first-order valence-electron chi connectivity index (χ1n) is 4.84. The third kappa shape index (κ3) is 24.7. The van der Waals surface area contributed by atoms with Crippen molar-refractivity contribution in [1.29, 1.82) is 0 Å². The predicted octanol–water partition coefficient (Wildman–Crippen LogP) is 3.07. The molecule has 0 aliphatic rings. The highest BCUT2D eigenvalue weighted by atomic mass is 16.4. The van der Waals surface area contributed by atoms with Gasteiger partial charge in [-0.2, -0.15) is 0 Å². The minimum absolute atomic E-state index is 0.181. The molecule has 0 heterocycles. The van der Waals surface area contributed by atoms with Gasteiger partial charge in [0.15, 0.2) is 0 Å². The van der Waals surface area contributed by atoms with Crippen LogP contribution in [0.5, 0.6) is 0 Å². The van der Waals surface area contributed by atoms with Crippen LogP contribution in [0.3, 0.4) is 0 Å². The molecule has 0 saturated carbocycles. The van der Waals surface area contributed by atoms with Crippen LogP contribution < -0.4 is 0 Å². The van der Waals surface area contributed by atoms with Gasteiger partial charge < -0.3 is 5.11 Å². The Morgan fingerprint density at radius 1 is 1.23 bits per heavy atom. The molecule has 2 nitrogen and oxygen atoms in total. The molecule has 0 atom stereocenters. The second-order valence-electron chi connectivity index (χ2n) is 2.84. The van der Waals surface area contributed by atoms with Gasteiger partial charge in [-0.1, -0.05) is 51.9 Å². The largest absolute Gasteiger partial charge is 0.481 e. The first kappa shape index (κ1) is 14.5. The van der Waals surface area contributed by atoms with Crippen LogP contribution in [0.25, 0.3) is 0 Å². The summed E-state index contributed by atoms with van der Waals surface area (Å²) in [5.41, 5.74) is 0. The first-order valence-corrected chi connectivity index (χ1v) is 4.84. The lowest BCUT2D eigenvalue weighted by molar-refractivity contribution is -0.135. The van der Waals surface area contributed by atoms with E-state index in [2.05, 4.69) is 20.3 Å². The molecule has 0 aromatic heterocycles. The van der Waals surface area contributed by atoms with Gasteiger partial charge in [-0.15, -0.1) is 6.42 Å². The normalized spacial score (nSPS) is 8.08. The molecule has 0 fully saturated rings. The van der Waals surface area contributed by atoms with E-state index in [0.717, 1.165) is 0 Å². The van der Waals surface area contributed by atoms with E-state index >= 15 is 0 Å². The molecule has 0 amide bonds. The number of hydrogen-bond acceptors (Lipinski definition) is 1. The standard InChI is InChI=1S/C7H16.C4H4O2/c1-3-5-7-6-4-2;1-2-3-4(5)6/h3-7H2,1-2H3;1H,3H2,(H,5,6). The van der Waals surface area contributed by atoms with Crippen LogP contribution in [0.1, 0.15) is 52.4 Å². The van der Waals surface area contributed by atoms with Crippen LogP contribution in [0.2, 0.25) is 0 Å². The number of unbranched alkanes of at least 4 members (excludes halogenated alkanes) is 4. The quantitative estimate of drug-likeness (QED) is 0.526. The average molecular weight is 184 g/mol. The predicted molar refractivity (Wildman–Crippen MR) is 55.5 cm³/mol. The van der Waals surface area contributed by atoms with Gasteiger partial charge in [-0.3, -0.25) is 4.79 Å². The van der Waals surface area contributed by atoms with Crippen molar-refractivity contribution in [2.24, 2.45) is 0 Å². The molecule has 0 aromatic carbocycles. The smallest absolute Gasteiger partial charge is 0.315 e. The summed E-state index contributed by atoms with van der Waals surface area (Å²) in [5.74, 6) is 1.02. The lowest BCUT2D eigenvalue weighted by atomic mass is 10.2. The van der Waals surface area contributed by atoms with Gasteiger partial charge in [-0.25, -0.2) is 0 Å². The van der Waals surface area contributed by atoms with E-state index in [1.807, 2.05) is 5.92 Å². The molecule has 0 unspecified atom stereocenters. The number of carbonyl (C=O) groups is 1. The Balaban J connectivity index is 0. The topological polar surface area (TPSA) is 37.3 Å². The Hall–Kier alpha value is -0.970. The molecule has 0 aliphatic heterocycles. The molecule has 0 spiro atoms. The molecule has 76 valence electrons. The summed E-state index contributed by atoms with van der Waals surface area (Å²) in [4.78, 5) is 9.46. The fourth-order valence-electron chi connectivity index (χ4n) is 0.764. The summed E-state index contributed by atoms with van der Waals surface area (Å²) < 4.78 is 0. The zero-order chi connectivity index (χ0) is 10.5. The summed E-state index contributed by atoms with van der Waals surface area (Å²) in [6.07, 6.45) is 11.4. The van der Waals surface area contributed by atoms with Crippen LogP contribution in [0.4, 0.5) is 0 Å². The van der Waals surface area contributed by atoms with Crippen LogP contribution in [-0.4, -0.2) is 11.1 Å². The minimum atomic E-state index is -0.947. The Labute approximate surface area is 81.3 Å². The van der Waals surface area contributed by atoms with E-state index in [1.165, 1.54) is 32.1 Å². The number of carboxylic acid groups (broad SMARTS) is 1. The SMILES string of the molecule is C#CCC(=O)O.CCCCCCC. The molecule has 13 heavy (non-hydrogen) atoms. The fourth-order valence-corrected chi connectivity index (χ4v) is 0.764. The zero-order valence-electron chi connectivity index (χ0n) is 8.68. The Kier molecular flexibility index (Phi) is 15.2. The van der Waals surface area contributed by atoms with Crippen molar-refractivity contribution in [3.63, 3.8) is 0 Å².